The van der Waals surface area contributed by atoms with Crippen LogP contribution in [0.3, 0.4) is 0 Å². The summed E-state index contributed by atoms with van der Waals surface area (Å²) in [6.45, 7) is 2.46. The molecule has 0 rings (SSSR count). The molecule has 0 aromatic carbocycles. The van der Waals surface area contributed by atoms with E-state index in [2.05, 4.69) is 20.9 Å². The van der Waals surface area contributed by atoms with E-state index in [9.17, 15) is 40.2 Å². The van der Waals surface area contributed by atoms with Crippen LogP contribution in [-0.4, -0.2) is 104 Å². The van der Waals surface area contributed by atoms with Gasteiger partial charge in [0.1, 0.15) is 23.2 Å². The molecule has 0 bridgehead atoms. The summed E-state index contributed by atoms with van der Waals surface area (Å²) < 4.78 is 0. The Morgan fingerprint density at radius 2 is 0.964 bits per heavy atom. The van der Waals surface area contributed by atoms with Crippen LogP contribution >= 0.6 is 0 Å². The summed E-state index contributed by atoms with van der Waals surface area (Å²) >= 11 is 0. The van der Waals surface area contributed by atoms with Crippen molar-refractivity contribution in [3.8, 4) is 0 Å². The van der Waals surface area contributed by atoms with Crippen LogP contribution in [0.15, 0.2) is 10.2 Å². The molecule has 164 valence electrons. The molecule has 4 atom stereocenters. The maximum Gasteiger partial charge on any atom is 0.247 e. The number of hydrogen-bond acceptors (Lipinski definition) is 10. The highest BCUT2D eigenvalue weighted by Crippen LogP contribution is 2.12. The molecule has 2 amide bonds. The zero-order chi connectivity index (χ0) is 22.1. The van der Waals surface area contributed by atoms with Gasteiger partial charge in [-0.2, -0.15) is 10.2 Å². The lowest BCUT2D eigenvalue weighted by molar-refractivity contribution is -0.129. The Hall–Kier alpha value is -1.70. The van der Waals surface area contributed by atoms with Gasteiger partial charge in [-0.15, -0.1) is 0 Å². The first kappa shape index (κ1) is 26.3. The Morgan fingerprint density at radius 1 is 0.714 bits per heavy atom. The summed E-state index contributed by atoms with van der Waals surface area (Å²) in [4.78, 5) is 24.4. The fraction of sp³-hybridized carbons (Fsp3) is 0.875. The number of aliphatic hydroxyl groups excluding tert-OH is 6. The van der Waals surface area contributed by atoms with Gasteiger partial charge in [0.25, 0.3) is 0 Å². The molecule has 0 saturated carbocycles. The smallest absolute Gasteiger partial charge is 0.247 e. The molecule has 12 nitrogen and oxygen atoms in total. The summed E-state index contributed by atoms with van der Waals surface area (Å²) in [5.41, 5.74) is -3.30. The predicted octanol–water partition coefficient (Wildman–Crippen LogP) is -3.34. The number of nitrogens with one attached hydrogen (secondary N) is 2. The van der Waals surface area contributed by atoms with E-state index in [1.54, 1.807) is 0 Å². The van der Waals surface area contributed by atoms with E-state index in [1.807, 2.05) is 0 Å². The van der Waals surface area contributed by atoms with Gasteiger partial charge in [0, 0.05) is 0 Å². The van der Waals surface area contributed by atoms with Crippen LogP contribution in [0.1, 0.15) is 27.7 Å². The molecule has 0 aliphatic heterocycles. The van der Waals surface area contributed by atoms with Crippen molar-refractivity contribution in [1.29, 1.82) is 0 Å². The Kier molecular flexibility index (Phi) is 10.6. The number of hydrogen-bond donors (Lipinski definition) is 8. The fourth-order valence-electron chi connectivity index (χ4n) is 2.00. The van der Waals surface area contributed by atoms with Crippen LogP contribution in [0.2, 0.25) is 0 Å². The minimum atomic E-state index is -1.65. The number of nitrogens with zero attached hydrogens (tertiary/aromatic N) is 2. The molecule has 0 radical (unpaired) electrons. The summed E-state index contributed by atoms with van der Waals surface area (Å²) in [6, 6.07) is -2.22. The van der Waals surface area contributed by atoms with Crippen LogP contribution in [0.4, 0.5) is 0 Å². The molecular weight excluding hydrogens is 376 g/mol. The molecule has 0 saturated heterocycles. The number of carbonyl (C=O) groups is 2. The van der Waals surface area contributed by atoms with Crippen molar-refractivity contribution in [2.24, 2.45) is 10.2 Å². The van der Waals surface area contributed by atoms with Gasteiger partial charge in [0.2, 0.25) is 11.8 Å². The topological polar surface area (TPSA) is 204 Å². The van der Waals surface area contributed by atoms with Crippen LogP contribution in [0.25, 0.3) is 0 Å². The molecule has 0 aromatic rings. The third-order valence-electron chi connectivity index (χ3n) is 4.64. The zero-order valence-electron chi connectivity index (χ0n) is 16.5. The largest absolute Gasteiger partial charge is 0.394 e. The average molecular weight is 408 g/mol. The van der Waals surface area contributed by atoms with Gasteiger partial charge in [0.05, 0.1) is 38.6 Å². The zero-order valence-corrected chi connectivity index (χ0v) is 16.5. The highest BCUT2D eigenvalue weighted by atomic mass is 16.3. The van der Waals surface area contributed by atoms with Crippen molar-refractivity contribution in [3.63, 3.8) is 0 Å². The molecular formula is C16H32N4O8. The Labute approximate surface area is 163 Å². The van der Waals surface area contributed by atoms with Crippen molar-refractivity contribution >= 4 is 11.8 Å². The van der Waals surface area contributed by atoms with E-state index in [4.69, 9.17) is 0 Å². The molecule has 0 heterocycles. The Morgan fingerprint density at radius 3 is 1.14 bits per heavy atom. The average Bonchev–Trinajstić information content (AvgIpc) is 2.67. The summed E-state index contributed by atoms with van der Waals surface area (Å²) in [6.07, 6.45) is -2.49. The molecule has 8 N–H and O–H groups in total. The van der Waals surface area contributed by atoms with Gasteiger partial charge in [-0.25, -0.2) is 0 Å². The summed E-state index contributed by atoms with van der Waals surface area (Å²) in [5, 5.41) is 68.9. The van der Waals surface area contributed by atoms with Crippen LogP contribution in [0.5, 0.6) is 0 Å². The van der Waals surface area contributed by atoms with Crippen molar-refractivity contribution in [1.82, 2.24) is 10.6 Å². The standard InChI is InChI=1S/C16H32N4O8/c1-9(13(27)17-15(5-21,6-22)11(3)25)19-20-10(2)14(28)18-16(7-23,8-24)12(4)26/h9-12,21-26H,5-8H2,1-4H3,(H,17,27)(H,18,28). The first-order chi connectivity index (χ1) is 12.9. The lowest BCUT2D eigenvalue weighted by atomic mass is 9.95. The highest BCUT2D eigenvalue weighted by Gasteiger charge is 2.38. The maximum absolute atomic E-state index is 12.2. The second kappa shape index (κ2) is 11.3. The molecule has 0 spiro atoms. The van der Waals surface area contributed by atoms with E-state index in [-0.39, 0.29) is 0 Å². The highest BCUT2D eigenvalue weighted by molar-refractivity contribution is 5.83. The number of azo groups is 1. The van der Waals surface area contributed by atoms with Crippen molar-refractivity contribution in [2.45, 2.75) is 63.1 Å². The van der Waals surface area contributed by atoms with Gasteiger partial charge in [0.15, 0.2) is 0 Å². The molecule has 0 fully saturated rings. The van der Waals surface area contributed by atoms with Crippen LogP contribution in [-0.2, 0) is 9.59 Å². The van der Waals surface area contributed by atoms with Crippen molar-refractivity contribution < 1.29 is 40.2 Å². The number of rotatable bonds is 12. The van der Waals surface area contributed by atoms with Gasteiger partial charge in [-0.05, 0) is 27.7 Å². The SMILES string of the molecule is CC(N=NC(C)C(=O)NC(CO)(CO)C(C)O)C(=O)NC(CO)(CO)C(C)O. The summed E-state index contributed by atoms with van der Waals surface area (Å²) in [5.74, 6) is -1.49. The van der Waals surface area contributed by atoms with Crippen molar-refractivity contribution in [3.05, 3.63) is 0 Å². The van der Waals surface area contributed by atoms with Crippen molar-refractivity contribution in [2.75, 3.05) is 26.4 Å². The third kappa shape index (κ3) is 6.43. The normalized spacial score (nSPS) is 17.1. The minimum Gasteiger partial charge on any atom is -0.394 e. The molecule has 12 heteroatoms. The van der Waals surface area contributed by atoms with E-state index in [0.717, 1.165) is 0 Å². The Balaban J connectivity index is 5.07. The first-order valence-corrected chi connectivity index (χ1v) is 8.78. The lowest BCUT2D eigenvalue weighted by Gasteiger charge is -2.34. The monoisotopic (exact) mass is 408 g/mol. The third-order valence-corrected chi connectivity index (χ3v) is 4.64. The molecule has 0 aliphatic carbocycles. The van der Waals surface area contributed by atoms with E-state index in [1.165, 1.54) is 27.7 Å². The maximum atomic E-state index is 12.2. The lowest BCUT2D eigenvalue weighted by Crippen LogP contribution is -2.62. The summed E-state index contributed by atoms with van der Waals surface area (Å²) in [7, 11) is 0. The van der Waals surface area contributed by atoms with Crippen LogP contribution < -0.4 is 10.6 Å². The molecule has 4 unspecified atom stereocenters. The first-order valence-electron chi connectivity index (χ1n) is 8.78. The second-order valence-electron chi connectivity index (χ2n) is 6.86. The van der Waals surface area contributed by atoms with E-state index >= 15 is 0 Å². The van der Waals surface area contributed by atoms with Gasteiger partial charge in [-0.1, -0.05) is 0 Å². The van der Waals surface area contributed by atoms with Crippen LogP contribution in [0, 0.1) is 0 Å². The second-order valence-corrected chi connectivity index (χ2v) is 6.86. The van der Waals surface area contributed by atoms with E-state index < -0.39 is 73.6 Å². The van der Waals surface area contributed by atoms with Gasteiger partial charge < -0.3 is 41.3 Å². The molecule has 28 heavy (non-hydrogen) atoms. The number of aliphatic hydroxyl groups is 6. The number of carbonyl (C=O) groups excluding carboxylic acids is 2. The number of amides is 2. The Bertz CT molecular complexity index is 487. The van der Waals surface area contributed by atoms with E-state index in [0.29, 0.717) is 0 Å². The van der Waals surface area contributed by atoms with Gasteiger partial charge >= 0.3 is 0 Å². The molecule has 0 aliphatic rings. The fourth-order valence-corrected chi connectivity index (χ4v) is 2.00. The van der Waals surface area contributed by atoms with Gasteiger partial charge in [-0.3, -0.25) is 9.59 Å². The molecule has 0 aromatic heterocycles. The quantitative estimate of drug-likeness (QED) is 0.153. The predicted molar refractivity (Wildman–Crippen MR) is 97.2 cm³/mol. The minimum absolute atomic E-state index is 0.709.